The highest BCUT2D eigenvalue weighted by atomic mass is 32.1. The molecule has 6 nitrogen and oxygen atoms in total. The maximum atomic E-state index is 11.3. The van der Waals surface area contributed by atoms with Crippen LogP contribution in [0, 0.1) is 18.3 Å². The molecule has 0 amide bonds. The van der Waals surface area contributed by atoms with Crippen molar-refractivity contribution in [2.24, 2.45) is 0 Å². The van der Waals surface area contributed by atoms with Gasteiger partial charge in [0.05, 0.1) is 5.69 Å². The molecule has 2 N–H and O–H groups in total. The molecule has 0 atom stereocenters. The molecule has 0 spiro atoms. The molecular formula is C11H9N5OS. The van der Waals surface area contributed by atoms with E-state index in [1.54, 1.807) is 12.1 Å². The van der Waals surface area contributed by atoms with Crippen LogP contribution in [0.5, 0.6) is 0 Å². The fourth-order valence-electron chi connectivity index (χ4n) is 1.35. The first-order chi connectivity index (χ1) is 8.63. The largest absolute Gasteiger partial charge is 0.313 e. The quantitative estimate of drug-likeness (QED) is 0.876. The molecule has 0 bridgehead atoms. The molecule has 0 aliphatic heterocycles. The van der Waals surface area contributed by atoms with Crippen molar-refractivity contribution in [3.05, 3.63) is 40.0 Å². The van der Waals surface area contributed by atoms with Gasteiger partial charge in [-0.3, -0.25) is 9.17 Å². The highest BCUT2D eigenvalue weighted by Gasteiger charge is 2.11. The number of rotatable bonds is 3. The van der Waals surface area contributed by atoms with E-state index >= 15 is 0 Å². The summed E-state index contributed by atoms with van der Waals surface area (Å²) in [6.45, 7) is 5.46. The first-order valence-electron chi connectivity index (χ1n) is 5.00. The fraction of sp³-hybridized carbons (Fsp3) is 0.0909. The maximum Gasteiger partial charge on any atom is 0.278 e. The number of nitriles is 1. The molecule has 0 unspecified atom stereocenters. The van der Waals surface area contributed by atoms with Crippen LogP contribution in [0.15, 0.2) is 17.4 Å². The van der Waals surface area contributed by atoms with Crippen molar-refractivity contribution in [2.45, 2.75) is 6.92 Å². The van der Waals surface area contributed by atoms with Crippen molar-refractivity contribution in [3.63, 3.8) is 0 Å². The first-order valence-corrected chi connectivity index (χ1v) is 5.82. The summed E-state index contributed by atoms with van der Waals surface area (Å²) >= 11 is 1.04. The van der Waals surface area contributed by atoms with Crippen molar-refractivity contribution in [1.29, 1.82) is 5.26 Å². The minimum Gasteiger partial charge on any atom is -0.313 e. The van der Waals surface area contributed by atoms with Crippen LogP contribution in [0.3, 0.4) is 0 Å². The summed E-state index contributed by atoms with van der Waals surface area (Å²) in [6.07, 6.45) is 1.60. The summed E-state index contributed by atoms with van der Waals surface area (Å²) in [4.78, 5) is 19.6. The topological polar surface area (TPSA) is 94.5 Å². The number of hydrogen-bond donors (Lipinski definition) is 2. The Hall–Kier alpha value is -2.46. The summed E-state index contributed by atoms with van der Waals surface area (Å²) < 4.78 is 2.48. The second kappa shape index (κ2) is 4.81. The third-order valence-electron chi connectivity index (χ3n) is 2.12. The molecule has 2 aromatic heterocycles. The second-order valence-electron chi connectivity index (χ2n) is 3.44. The molecule has 18 heavy (non-hydrogen) atoms. The van der Waals surface area contributed by atoms with E-state index in [9.17, 15) is 4.79 Å². The fourth-order valence-corrected chi connectivity index (χ4v) is 2.03. The Labute approximate surface area is 107 Å². The zero-order valence-corrected chi connectivity index (χ0v) is 10.3. The van der Waals surface area contributed by atoms with E-state index in [2.05, 4.69) is 26.2 Å². The second-order valence-corrected chi connectivity index (χ2v) is 4.25. The van der Waals surface area contributed by atoms with Crippen LogP contribution < -0.4 is 10.9 Å². The van der Waals surface area contributed by atoms with Gasteiger partial charge < -0.3 is 5.32 Å². The van der Waals surface area contributed by atoms with Crippen molar-refractivity contribution in [1.82, 2.24) is 14.3 Å². The van der Waals surface area contributed by atoms with Crippen molar-refractivity contribution in [2.75, 3.05) is 5.32 Å². The van der Waals surface area contributed by atoms with Gasteiger partial charge in [-0.25, -0.2) is 9.97 Å². The minimum absolute atomic E-state index is 0.0326. The third kappa shape index (κ3) is 2.28. The Bertz CT molecular complexity index is 694. The Morgan fingerprint density at radius 3 is 3.06 bits per heavy atom. The van der Waals surface area contributed by atoms with Crippen LogP contribution in [-0.4, -0.2) is 14.3 Å². The molecule has 2 heterocycles. The summed E-state index contributed by atoms with van der Waals surface area (Å²) in [6, 6.07) is 3.62. The maximum absolute atomic E-state index is 11.3. The van der Waals surface area contributed by atoms with Crippen LogP contribution in [0.1, 0.15) is 17.0 Å². The number of nitrogens with zero attached hydrogens (tertiary/aromatic N) is 3. The zero-order chi connectivity index (χ0) is 13.1. The van der Waals surface area contributed by atoms with Crippen LogP contribution in [0.2, 0.25) is 0 Å². The molecule has 2 aromatic rings. The summed E-state index contributed by atoms with van der Waals surface area (Å²) in [5, 5.41) is 12.1. The highest BCUT2D eigenvalue weighted by Crippen LogP contribution is 2.19. The van der Waals surface area contributed by atoms with Crippen LogP contribution in [0.25, 0.3) is 6.08 Å². The minimum atomic E-state index is -0.415. The Balaban J connectivity index is 2.40. The number of hydrogen-bond acceptors (Lipinski definition) is 6. The number of aromatic amines is 1. The lowest BCUT2D eigenvalue weighted by Crippen LogP contribution is -2.04. The Morgan fingerprint density at radius 2 is 2.39 bits per heavy atom. The van der Waals surface area contributed by atoms with Crippen LogP contribution in [0.4, 0.5) is 10.9 Å². The smallest absolute Gasteiger partial charge is 0.278 e. The molecule has 0 aliphatic carbocycles. The van der Waals surface area contributed by atoms with Gasteiger partial charge in [-0.15, -0.1) is 0 Å². The number of nitrogens with one attached hydrogen (secondary N) is 2. The average Bonchev–Trinajstić information content (AvgIpc) is 2.69. The summed E-state index contributed by atoms with van der Waals surface area (Å²) in [7, 11) is 0. The van der Waals surface area contributed by atoms with Gasteiger partial charge in [0.1, 0.15) is 11.1 Å². The van der Waals surface area contributed by atoms with E-state index in [1.165, 1.54) is 0 Å². The van der Waals surface area contributed by atoms with E-state index in [0.717, 1.165) is 17.2 Å². The van der Waals surface area contributed by atoms with Gasteiger partial charge in [0, 0.05) is 5.69 Å². The average molecular weight is 259 g/mol. The number of H-pyrrole nitrogens is 1. The van der Waals surface area contributed by atoms with E-state index < -0.39 is 5.56 Å². The lowest BCUT2D eigenvalue weighted by molar-refractivity contribution is 1.10. The molecule has 0 radical (unpaired) electrons. The molecule has 0 aromatic carbocycles. The van der Waals surface area contributed by atoms with Crippen molar-refractivity contribution < 1.29 is 0 Å². The van der Waals surface area contributed by atoms with Crippen LogP contribution in [-0.2, 0) is 0 Å². The molecule has 7 heteroatoms. The molecule has 90 valence electrons. The summed E-state index contributed by atoms with van der Waals surface area (Å²) in [5.74, 6) is 0.330. The van der Waals surface area contributed by atoms with Gasteiger partial charge in [-0.05, 0) is 30.6 Å². The molecule has 0 aliphatic rings. The highest BCUT2D eigenvalue weighted by molar-refractivity contribution is 7.10. The number of anilines is 2. The number of aromatic nitrogens is 3. The normalized spacial score (nSPS) is 9.78. The lowest BCUT2D eigenvalue weighted by atomic mass is 10.3. The lowest BCUT2D eigenvalue weighted by Gasteiger charge is -2.04. The SMILES string of the molecule is C=Cc1cc(C)nc(Nc2s[nH]c(=O)c2C#N)n1. The number of aryl methyl sites for hydroxylation is 1. The predicted molar refractivity (Wildman–Crippen MR) is 69.8 cm³/mol. The predicted octanol–water partition coefficient (Wildman–Crippen LogP) is 1.79. The summed E-state index contributed by atoms with van der Waals surface area (Å²) in [5.41, 5.74) is 1.06. The van der Waals surface area contributed by atoms with Gasteiger partial charge >= 0.3 is 0 Å². The van der Waals surface area contributed by atoms with E-state index in [1.807, 2.05) is 13.0 Å². The van der Waals surface area contributed by atoms with Gasteiger partial charge in [-0.1, -0.05) is 6.58 Å². The van der Waals surface area contributed by atoms with E-state index in [4.69, 9.17) is 5.26 Å². The van der Waals surface area contributed by atoms with Gasteiger partial charge in [-0.2, -0.15) is 5.26 Å². The van der Waals surface area contributed by atoms with E-state index in [-0.39, 0.29) is 5.56 Å². The monoisotopic (exact) mass is 259 g/mol. The van der Waals surface area contributed by atoms with Gasteiger partial charge in [0.25, 0.3) is 5.56 Å². The van der Waals surface area contributed by atoms with E-state index in [0.29, 0.717) is 16.6 Å². The first kappa shape index (κ1) is 12.0. The molecule has 0 saturated carbocycles. The molecule has 0 fully saturated rings. The van der Waals surface area contributed by atoms with Gasteiger partial charge in [0.15, 0.2) is 5.56 Å². The van der Waals surface area contributed by atoms with Crippen LogP contribution >= 0.6 is 11.5 Å². The zero-order valence-electron chi connectivity index (χ0n) is 9.52. The standard InChI is InChI=1S/C11H9N5OS/c1-3-7-4-6(2)13-11(14-7)15-10-8(5-12)9(17)16-18-10/h3-4H,1H2,2H3,(H,16,17)(H,13,14,15). The molecule has 2 rings (SSSR count). The molecule has 0 saturated heterocycles. The van der Waals surface area contributed by atoms with Gasteiger partial charge in [0.2, 0.25) is 5.95 Å². The van der Waals surface area contributed by atoms with Crippen molar-refractivity contribution in [3.8, 4) is 6.07 Å². The molecular weight excluding hydrogens is 250 g/mol. The Morgan fingerprint density at radius 1 is 1.61 bits per heavy atom. The van der Waals surface area contributed by atoms with Crippen molar-refractivity contribution >= 4 is 28.6 Å². The third-order valence-corrected chi connectivity index (χ3v) is 2.92. The Kier molecular flexibility index (Phi) is 3.21.